The highest BCUT2D eigenvalue weighted by molar-refractivity contribution is 5.80. The molecule has 2 aromatic carbocycles. The van der Waals surface area contributed by atoms with E-state index in [0.29, 0.717) is 23.6 Å². The molecule has 0 aliphatic carbocycles. The number of nitrogens with one attached hydrogen (secondary N) is 1. The third kappa shape index (κ3) is 5.07. The molecule has 0 bridgehead atoms. The number of fused-ring (bicyclic) bond motifs is 1. The van der Waals surface area contributed by atoms with Gasteiger partial charge in [-0.15, -0.1) is 0 Å². The SMILES string of the molecule is Cc1cccc(N2CCN(CCCNC(=O)Cn3c(=O)c(=O)n(C)c4ccccc43)C[C@H]2C)c1. The molecule has 1 amide bonds. The first kappa shape index (κ1) is 23.8. The highest BCUT2D eigenvalue weighted by atomic mass is 16.2. The average Bonchev–Trinajstić information content (AvgIpc) is 2.83. The Morgan fingerprint density at radius 2 is 1.79 bits per heavy atom. The van der Waals surface area contributed by atoms with Crippen molar-refractivity contribution < 1.29 is 4.79 Å². The van der Waals surface area contributed by atoms with E-state index in [2.05, 4.69) is 53.2 Å². The van der Waals surface area contributed by atoms with E-state index in [1.54, 1.807) is 31.3 Å². The Hall–Kier alpha value is -3.39. The highest BCUT2D eigenvalue weighted by Crippen LogP contribution is 2.21. The fourth-order valence-corrected chi connectivity index (χ4v) is 4.77. The minimum atomic E-state index is -0.684. The molecule has 0 radical (unpaired) electrons. The molecule has 180 valence electrons. The van der Waals surface area contributed by atoms with Crippen molar-refractivity contribution in [3.8, 4) is 0 Å². The number of carbonyl (C=O) groups excluding carboxylic acids is 1. The molecule has 0 saturated carbocycles. The van der Waals surface area contributed by atoms with Crippen molar-refractivity contribution in [3.05, 3.63) is 74.8 Å². The zero-order valence-electron chi connectivity index (χ0n) is 20.2. The Morgan fingerprint density at radius 1 is 1.03 bits per heavy atom. The Kier molecular flexibility index (Phi) is 7.17. The third-order valence-electron chi connectivity index (χ3n) is 6.59. The first-order chi connectivity index (χ1) is 16.3. The topological polar surface area (TPSA) is 79.6 Å². The minimum absolute atomic E-state index is 0.165. The Morgan fingerprint density at radius 3 is 2.53 bits per heavy atom. The predicted octanol–water partition coefficient (Wildman–Crippen LogP) is 1.73. The molecule has 8 heteroatoms. The van der Waals surface area contributed by atoms with E-state index < -0.39 is 11.1 Å². The number of nitrogens with zero attached hydrogens (tertiary/aromatic N) is 4. The molecule has 1 saturated heterocycles. The maximum Gasteiger partial charge on any atom is 0.317 e. The molecule has 1 aliphatic rings. The van der Waals surface area contributed by atoms with Crippen molar-refractivity contribution in [1.29, 1.82) is 0 Å². The minimum Gasteiger partial charge on any atom is -0.366 e. The van der Waals surface area contributed by atoms with Gasteiger partial charge >= 0.3 is 11.1 Å². The van der Waals surface area contributed by atoms with E-state index in [0.717, 1.165) is 32.6 Å². The molecular formula is C26H33N5O3. The van der Waals surface area contributed by atoms with E-state index in [1.807, 2.05) is 0 Å². The van der Waals surface area contributed by atoms with Crippen molar-refractivity contribution in [2.45, 2.75) is 32.9 Å². The number of piperazine rings is 1. The number of carbonyl (C=O) groups is 1. The van der Waals surface area contributed by atoms with Crippen molar-refractivity contribution in [2.24, 2.45) is 7.05 Å². The Balaban J connectivity index is 1.27. The summed E-state index contributed by atoms with van der Waals surface area (Å²) in [5, 5.41) is 2.90. The quantitative estimate of drug-likeness (QED) is 0.426. The molecule has 1 atom stereocenters. The lowest BCUT2D eigenvalue weighted by atomic mass is 10.1. The number of para-hydroxylation sites is 2. The van der Waals surface area contributed by atoms with Crippen LogP contribution in [-0.4, -0.2) is 58.7 Å². The summed E-state index contributed by atoms with van der Waals surface area (Å²) in [4.78, 5) is 42.2. The summed E-state index contributed by atoms with van der Waals surface area (Å²) in [6.07, 6.45) is 0.828. The third-order valence-corrected chi connectivity index (χ3v) is 6.59. The van der Waals surface area contributed by atoms with Gasteiger partial charge in [-0.1, -0.05) is 24.3 Å². The van der Waals surface area contributed by atoms with E-state index in [1.165, 1.54) is 20.4 Å². The second-order valence-corrected chi connectivity index (χ2v) is 9.13. The maximum absolute atomic E-state index is 12.5. The number of aromatic nitrogens is 2. The Labute approximate surface area is 199 Å². The van der Waals surface area contributed by atoms with Crippen LogP contribution in [0.15, 0.2) is 58.1 Å². The molecular weight excluding hydrogens is 430 g/mol. The predicted molar refractivity (Wildman–Crippen MR) is 136 cm³/mol. The van der Waals surface area contributed by atoms with Crippen LogP contribution in [-0.2, 0) is 18.4 Å². The van der Waals surface area contributed by atoms with E-state index in [9.17, 15) is 14.4 Å². The van der Waals surface area contributed by atoms with Crippen LogP contribution < -0.4 is 21.3 Å². The van der Waals surface area contributed by atoms with Crippen LogP contribution >= 0.6 is 0 Å². The van der Waals surface area contributed by atoms with Gasteiger partial charge in [-0.2, -0.15) is 0 Å². The maximum atomic E-state index is 12.5. The van der Waals surface area contributed by atoms with Gasteiger partial charge < -0.3 is 14.8 Å². The first-order valence-corrected chi connectivity index (χ1v) is 11.9. The van der Waals surface area contributed by atoms with Gasteiger partial charge in [-0.3, -0.25) is 23.9 Å². The second-order valence-electron chi connectivity index (χ2n) is 9.13. The van der Waals surface area contributed by atoms with Crippen LogP contribution in [0.2, 0.25) is 0 Å². The van der Waals surface area contributed by atoms with Gasteiger partial charge in [-0.05, 0) is 56.6 Å². The molecule has 3 aromatic rings. The van der Waals surface area contributed by atoms with Crippen LogP contribution in [0.3, 0.4) is 0 Å². The number of benzene rings is 2. The summed E-state index contributed by atoms with van der Waals surface area (Å²) in [5.74, 6) is -0.266. The van der Waals surface area contributed by atoms with Crippen LogP contribution in [0.4, 0.5) is 5.69 Å². The Bertz CT molecular complexity index is 1300. The lowest BCUT2D eigenvalue weighted by Gasteiger charge is -2.41. The monoisotopic (exact) mass is 463 g/mol. The van der Waals surface area contributed by atoms with Crippen LogP contribution in [0, 0.1) is 6.92 Å². The number of anilines is 1. The highest BCUT2D eigenvalue weighted by Gasteiger charge is 2.23. The molecule has 1 N–H and O–H groups in total. The summed E-state index contributed by atoms with van der Waals surface area (Å²) in [5.41, 5.74) is 2.43. The smallest absolute Gasteiger partial charge is 0.317 e. The summed E-state index contributed by atoms with van der Waals surface area (Å²) in [7, 11) is 1.57. The molecule has 1 aliphatic heterocycles. The summed E-state index contributed by atoms with van der Waals surface area (Å²) in [6.45, 7) is 8.59. The standard InChI is InChI=1S/C26H33N5O3/c1-19-8-6-9-21(16-19)30-15-14-29(17-20(30)2)13-7-12-27-24(32)18-31-23-11-5-4-10-22(23)28(3)25(33)26(31)34/h4-6,8-11,16,20H,7,12-15,17-18H2,1-3H3,(H,27,32)/t20-/m1/s1. The normalized spacial score (nSPS) is 16.7. The number of hydrogen-bond donors (Lipinski definition) is 1. The van der Waals surface area contributed by atoms with Gasteiger partial charge in [0.1, 0.15) is 6.54 Å². The number of aryl methyl sites for hydroxylation is 2. The first-order valence-electron chi connectivity index (χ1n) is 11.9. The number of amides is 1. The molecule has 0 spiro atoms. The van der Waals surface area contributed by atoms with Crippen molar-refractivity contribution >= 4 is 22.6 Å². The lowest BCUT2D eigenvalue weighted by Crippen LogP contribution is -2.52. The van der Waals surface area contributed by atoms with E-state index in [-0.39, 0.29) is 12.5 Å². The number of hydrogen-bond acceptors (Lipinski definition) is 5. The van der Waals surface area contributed by atoms with Crippen molar-refractivity contribution in [1.82, 2.24) is 19.4 Å². The average molecular weight is 464 g/mol. The summed E-state index contributed by atoms with van der Waals surface area (Å²) in [6, 6.07) is 16.2. The van der Waals surface area contributed by atoms with Gasteiger partial charge in [-0.25, -0.2) is 0 Å². The molecule has 0 unspecified atom stereocenters. The van der Waals surface area contributed by atoms with Crippen molar-refractivity contribution in [3.63, 3.8) is 0 Å². The summed E-state index contributed by atoms with van der Waals surface area (Å²) >= 11 is 0. The van der Waals surface area contributed by atoms with Crippen LogP contribution in [0.1, 0.15) is 18.9 Å². The molecule has 1 fully saturated rings. The van der Waals surface area contributed by atoms with Gasteiger partial charge in [0.15, 0.2) is 0 Å². The van der Waals surface area contributed by atoms with Crippen molar-refractivity contribution in [2.75, 3.05) is 37.6 Å². The molecule has 34 heavy (non-hydrogen) atoms. The molecule has 2 heterocycles. The van der Waals surface area contributed by atoms with Gasteiger partial charge in [0.25, 0.3) is 0 Å². The van der Waals surface area contributed by atoms with E-state index >= 15 is 0 Å². The molecule has 4 rings (SSSR count). The van der Waals surface area contributed by atoms with Gasteiger partial charge in [0.05, 0.1) is 11.0 Å². The van der Waals surface area contributed by atoms with Gasteiger partial charge in [0.2, 0.25) is 5.91 Å². The largest absolute Gasteiger partial charge is 0.366 e. The van der Waals surface area contributed by atoms with Crippen LogP contribution in [0.5, 0.6) is 0 Å². The fourth-order valence-electron chi connectivity index (χ4n) is 4.77. The number of rotatable bonds is 7. The van der Waals surface area contributed by atoms with Crippen LogP contribution in [0.25, 0.3) is 11.0 Å². The lowest BCUT2D eigenvalue weighted by molar-refractivity contribution is -0.121. The molecule has 1 aromatic heterocycles. The van der Waals surface area contributed by atoms with Gasteiger partial charge in [0, 0.05) is 45.0 Å². The zero-order chi connectivity index (χ0) is 24.2. The zero-order valence-corrected chi connectivity index (χ0v) is 20.2. The molecule has 8 nitrogen and oxygen atoms in total. The van der Waals surface area contributed by atoms with E-state index in [4.69, 9.17) is 0 Å². The summed E-state index contributed by atoms with van der Waals surface area (Å²) < 4.78 is 2.59. The second kappa shape index (κ2) is 10.3. The fraction of sp³-hybridized carbons (Fsp3) is 0.423.